The molecule has 162 valence electrons. The lowest BCUT2D eigenvalue weighted by molar-refractivity contribution is 0.0993. The molecule has 0 saturated heterocycles. The Morgan fingerprint density at radius 1 is 1.33 bits per heavy atom. The summed E-state index contributed by atoms with van der Waals surface area (Å²) in [6.07, 6.45) is 4.69. The van der Waals surface area contributed by atoms with E-state index in [4.69, 9.17) is 5.73 Å². The van der Waals surface area contributed by atoms with Crippen LogP contribution in [0.25, 0.3) is 0 Å². The highest BCUT2D eigenvalue weighted by molar-refractivity contribution is 7.09. The van der Waals surface area contributed by atoms with Gasteiger partial charge >= 0.3 is 0 Å². The molecule has 1 unspecified atom stereocenters. The number of thiazole rings is 1. The minimum Gasteiger partial charge on any atom is -0.393 e. The van der Waals surface area contributed by atoms with Crippen molar-refractivity contribution in [2.24, 2.45) is 23.5 Å². The third kappa shape index (κ3) is 4.53. The van der Waals surface area contributed by atoms with E-state index in [0.29, 0.717) is 23.3 Å². The first-order valence-corrected chi connectivity index (χ1v) is 11.8. The van der Waals surface area contributed by atoms with E-state index >= 15 is 0 Å². The summed E-state index contributed by atoms with van der Waals surface area (Å²) in [6, 6.07) is 6.62. The highest BCUT2D eigenvalue weighted by atomic mass is 32.1. The van der Waals surface area contributed by atoms with Crippen molar-refractivity contribution < 1.29 is 15.0 Å². The molecule has 30 heavy (non-hydrogen) atoms. The number of benzene rings is 1. The molecule has 2 aliphatic carbocycles. The Bertz CT molecular complexity index is 900. The van der Waals surface area contributed by atoms with Crippen molar-refractivity contribution in [1.82, 2.24) is 4.98 Å². The van der Waals surface area contributed by atoms with Crippen molar-refractivity contribution in [3.05, 3.63) is 45.4 Å². The Morgan fingerprint density at radius 3 is 2.90 bits per heavy atom. The van der Waals surface area contributed by atoms with Gasteiger partial charge in [-0.25, -0.2) is 4.98 Å². The number of nitrogens with two attached hydrogens (primary N) is 1. The SMILES string of the molecule is CC1C[C@@H](O)[C@H](CNc2ccc3c(c2)CCC3)[C@H]1CC[C@@H](O)c1nc(C(N)=O)cs1. The van der Waals surface area contributed by atoms with Crippen LogP contribution in [0.2, 0.25) is 0 Å². The largest absolute Gasteiger partial charge is 0.393 e. The first-order chi connectivity index (χ1) is 14.4. The van der Waals surface area contributed by atoms with E-state index < -0.39 is 12.0 Å². The number of carbonyl (C=O) groups is 1. The standard InChI is InChI=1S/C23H31N3O3S/c1-13-9-21(28)18(11-25-16-6-5-14-3-2-4-15(14)10-16)17(13)7-8-20(27)23-26-19(12-30-23)22(24)29/h5-6,10,12-13,17-18,20-21,25,27-28H,2-4,7-9,11H2,1H3,(H2,24,29)/t13?,17-,18+,20+,21+/m0/s1. The van der Waals surface area contributed by atoms with Crippen LogP contribution in [-0.2, 0) is 12.8 Å². The number of anilines is 1. The van der Waals surface area contributed by atoms with Gasteiger partial charge in [-0.2, -0.15) is 0 Å². The van der Waals surface area contributed by atoms with Crippen molar-refractivity contribution in [2.45, 2.75) is 57.7 Å². The number of fused-ring (bicyclic) bond motifs is 1. The second-order valence-electron chi connectivity index (χ2n) is 8.85. The second-order valence-corrected chi connectivity index (χ2v) is 9.74. The minimum atomic E-state index is -0.710. The van der Waals surface area contributed by atoms with E-state index in [1.807, 2.05) is 0 Å². The maximum Gasteiger partial charge on any atom is 0.268 e. The smallest absolute Gasteiger partial charge is 0.268 e. The van der Waals surface area contributed by atoms with Gasteiger partial charge in [0.05, 0.1) is 6.10 Å². The number of nitrogens with zero attached hydrogens (tertiary/aromatic N) is 1. The van der Waals surface area contributed by atoms with Crippen molar-refractivity contribution in [3.8, 4) is 0 Å². The summed E-state index contributed by atoms with van der Waals surface area (Å²) < 4.78 is 0. The molecule has 1 aromatic carbocycles. The maximum absolute atomic E-state index is 11.2. The van der Waals surface area contributed by atoms with Crippen LogP contribution in [0.3, 0.4) is 0 Å². The number of aryl methyl sites for hydroxylation is 2. The fraction of sp³-hybridized carbons (Fsp3) is 0.565. The number of amides is 1. The fourth-order valence-corrected chi connectivity index (χ4v) is 6.00. The summed E-state index contributed by atoms with van der Waals surface area (Å²) in [6.45, 7) is 2.92. The van der Waals surface area contributed by atoms with Gasteiger partial charge in [-0.05, 0) is 73.6 Å². The van der Waals surface area contributed by atoms with Crippen LogP contribution in [0.1, 0.15) is 65.3 Å². The molecule has 5 N–H and O–H groups in total. The Balaban J connectivity index is 1.35. The summed E-state index contributed by atoms with van der Waals surface area (Å²) >= 11 is 1.26. The topological polar surface area (TPSA) is 108 Å². The molecular formula is C23H31N3O3S. The van der Waals surface area contributed by atoms with E-state index in [-0.39, 0.29) is 17.7 Å². The monoisotopic (exact) mass is 429 g/mol. The van der Waals surface area contributed by atoms with Gasteiger partial charge < -0.3 is 21.3 Å². The summed E-state index contributed by atoms with van der Waals surface area (Å²) in [4.78, 5) is 15.4. The molecule has 2 aliphatic rings. The summed E-state index contributed by atoms with van der Waals surface area (Å²) in [7, 11) is 0. The molecule has 5 atom stereocenters. The van der Waals surface area contributed by atoms with Crippen LogP contribution in [0, 0.1) is 17.8 Å². The fourth-order valence-electron chi connectivity index (χ4n) is 5.17. The summed E-state index contributed by atoms with van der Waals surface area (Å²) in [5, 5.41) is 26.8. The van der Waals surface area contributed by atoms with E-state index in [1.54, 1.807) is 5.38 Å². The number of hydrogen-bond donors (Lipinski definition) is 4. The van der Waals surface area contributed by atoms with Gasteiger partial charge in [0.2, 0.25) is 0 Å². The van der Waals surface area contributed by atoms with E-state index in [9.17, 15) is 15.0 Å². The quantitative estimate of drug-likeness (QED) is 0.515. The number of primary amides is 1. The van der Waals surface area contributed by atoms with Crippen molar-refractivity contribution >= 4 is 22.9 Å². The molecule has 6 nitrogen and oxygen atoms in total. The van der Waals surface area contributed by atoms with Gasteiger partial charge in [0.15, 0.2) is 0 Å². The molecule has 1 aromatic heterocycles. The Kier molecular flexibility index (Phi) is 6.41. The van der Waals surface area contributed by atoms with Crippen molar-refractivity contribution in [1.29, 1.82) is 0 Å². The number of hydrogen-bond acceptors (Lipinski definition) is 6. The zero-order valence-corrected chi connectivity index (χ0v) is 18.2. The zero-order chi connectivity index (χ0) is 21.3. The molecule has 0 radical (unpaired) electrons. The van der Waals surface area contributed by atoms with Crippen LogP contribution in [-0.4, -0.2) is 33.8 Å². The number of aromatic nitrogens is 1. The lowest BCUT2D eigenvalue weighted by atomic mass is 9.85. The van der Waals surface area contributed by atoms with Crippen LogP contribution >= 0.6 is 11.3 Å². The first kappa shape index (κ1) is 21.3. The molecule has 1 heterocycles. The molecule has 1 saturated carbocycles. The minimum absolute atomic E-state index is 0.151. The lowest BCUT2D eigenvalue weighted by Gasteiger charge is -2.26. The third-order valence-corrected chi connectivity index (χ3v) is 7.81. The number of carbonyl (C=O) groups excluding carboxylic acids is 1. The summed E-state index contributed by atoms with van der Waals surface area (Å²) in [5.74, 6) is 0.302. The van der Waals surface area contributed by atoms with E-state index in [0.717, 1.165) is 31.5 Å². The summed E-state index contributed by atoms with van der Waals surface area (Å²) in [5.41, 5.74) is 9.49. The average Bonchev–Trinajstić information content (AvgIpc) is 3.43. The molecule has 2 aromatic rings. The molecule has 0 aliphatic heterocycles. The Morgan fingerprint density at radius 2 is 2.13 bits per heavy atom. The average molecular weight is 430 g/mol. The Hall–Kier alpha value is -1.96. The highest BCUT2D eigenvalue weighted by Gasteiger charge is 2.40. The molecule has 0 spiro atoms. The van der Waals surface area contributed by atoms with E-state index in [2.05, 4.69) is 35.4 Å². The van der Waals surface area contributed by atoms with Gasteiger partial charge in [-0.3, -0.25) is 4.79 Å². The third-order valence-electron chi connectivity index (χ3n) is 6.86. The molecular weight excluding hydrogens is 398 g/mol. The predicted molar refractivity (Wildman–Crippen MR) is 119 cm³/mol. The van der Waals surface area contributed by atoms with Crippen LogP contribution in [0.5, 0.6) is 0 Å². The van der Waals surface area contributed by atoms with E-state index in [1.165, 1.54) is 35.3 Å². The van der Waals surface area contributed by atoms with Crippen molar-refractivity contribution in [3.63, 3.8) is 0 Å². The van der Waals surface area contributed by atoms with Gasteiger partial charge in [-0.1, -0.05) is 13.0 Å². The number of aliphatic hydroxyl groups excluding tert-OH is 2. The molecule has 7 heteroatoms. The molecule has 4 rings (SSSR count). The second kappa shape index (κ2) is 9.04. The normalized spacial score (nSPS) is 26.5. The first-order valence-electron chi connectivity index (χ1n) is 10.9. The molecule has 0 bridgehead atoms. The van der Waals surface area contributed by atoms with Crippen LogP contribution in [0.15, 0.2) is 23.6 Å². The van der Waals surface area contributed by atoms with Crippen molar-refractivity contribution in [2.75, 3.05) is 11.9 Å². The lowest BCUT2D eigenvalue weighted by Crippen LogP contribution is -2.28. The predicted octanol–water partition coefficient (Wildman–Crippen LogP) is 3.29. The highest BCUT2D eigenvalue weighted by Crippen LogP contribution is 2.41. The zero-order valence-electron chi connectivity index (χ0n) is 17.4. The van der Waals surface area contributed by atoms with Gasteiger partial charge in [0.1, 0.15) is 16.8 Å². The molecule has 1 amide bonds. The number of rotatable bonds is 8. The number of nitrogens with one attached hydrogen (secondary N) is 1. The van der Waals surface area contributed by atoms with Crippen LogP contribution in [0.4, 0.5) is 5.69 Å². The van der Waals surface area contributed by atoms with Gasteiger partial charge in [-0.15, -0.1) is 11.3 Å². The number of aliphatic hydroxyl groups is 2. The maximum atomic E-state index is 11.2. The van der Waals surface area contributed by atoms with Gasteiger partial charge in [0, 0.05) is 23.5 Å². The Labute approximate surface area is 181 Å². The molecule has 1 fully saturated rings. The van der Waals surface area contributed by atoms with Crippen LogP contribution < -0.4 is 11.1 Å². The van der Waals surface area contributed by atoms with Gasteiger partial charge in [0.25, 0.3) is 5.91 Å².